The van der Waals surface area contributed by atoms with Gasteiger partial charge in [-0.1, -0.05) is 60.2 Å². The molecule has 0 radical (unpaired) electrons. The summed E-state index contributed by atoms with van der Waals surface area (Å²) in [5, 5.41) is 10.6. The number of aromatic nitrogens is 3. The first-order valence-electron chi connectivity index (χ1n) is 13.0. The number of halogens is 1. The number of nitrogens with one attached hydrogen (secondary N) is 1. The molecule has 1 fully saturated rings. The Bertz CT molecular complexity index is 1680. The summed E-state index contributed by atoms with van der Waals surface area (Å²) < 4.78 is 30.5. The fourth-order valence-electron chi connectivity index (χ4n) is 5.36. The van der Waals surface area contributed by atoms with Crippen LogP contribution in [0, 0.1) is 5.92 Å². The molecule has 1 aliphatic carbocycles. The molecule has 2 aromatic heterocycles. The molecule has 1 N–H and O–H groups in total. The molecule has 38 heavy (non-hydrogen) atoms. The highest BCUT2D eigenvalue weighted by atomic mass is 35.5. The number of benzene rings is 2. The van der Waals surface area contributed by atoms with Crippen LogP contribution in [-0.4, -0.2) is 54.8 Å². The van der Waals surface area contributed by atoms with Gasteiger partial charge in [0.05, 0.1) is 10.6 Å². The van der Waals surface area contributed by atoms with Crippen molar-refractivity contribution in [2.75, 3.05) is 25.0 Å². The summed E-state index contributed by atoms with van der Waals surface area (Å²) in [7, 11) is -1.56. The fourth-order valence-corrected chi connectivity index (χ4v) is 7.31. The van der Waals surface area contributed by atoms with Crippen molar-refractivity contribution in [2.24, 2.45) is 5.92 Å². The predicted octanol–water partition coefficient (Wildman–Crippen LogP) is 3.95. The number of hydrogen-bond acceptors (Lipinski definition) is 5. The van der Waals surface area contributed by atoms with Crippen molar-refractivity contribution in [1.29, 1.82) is 0 Å². The van der Waals surface area contributed by atoms with Gasteiger partial charge >= 0.3 is 0 Å². The van der Waals surface area contributed by atoms with Crippen molar-refractivity contribution in [1.82, 2.24) is 18.9 Å². The second kappa shape index (κ2) is 10.2. The van der Waals surface area contributed by atoms with E-state index in [1.165, 1.54) is 0 Å². The molecule has 194 valence electrons. The maximum absolute atomic E-state index is 13.5. The Balaban J connectivity index is 1.18. The van der Waals surface area contributed by atoms with Gasteiger partial charge < -0.3 is 5.32 Å². The SMILES string of the molecule is Bc1cnn2c(NCC3CCN(S(=O)(=O)c4cccc5ccccc45)CC3)cc(C3=C(Cl)CCC=C3)nc12. The maximum atomic E-state index is 13.5. The number of fused-ring (bicyclic) bond motifs is 2. The number of piperidine rings is 1. The normalized spacial score (nSPS) is 17.5. The van der Waals surface area contributed by atoms with Gasteiger partial charge in [0.15, 0.2) is 5.65 Å². The summed E-state index contributed by atoms with van der Waals surface area (Å²) in [5.74, 6) is 1.20. The van der Waals surface area contributed by atoms with Crippen LogP contribution in [0.3, 0.4) is 0 Å². The van der Waals surface area contributed by atoms with E-state index in [1.807, 2.05) is 67.1 Å². The van der Waals surface area contributed by atoms with Crippen LogP contribution in [-0.2, 0) is 10.0 Å². The summed E-state index contributed by atoms with van der Waals surface area (Å²) in [6.07, 6.45) is 9.33. The molecule has 0 saturated carbocycles. The Hall–Kier alpha value is -3.14. The lowest BCUT2D eigenvalue weighted by Gasteiger charge is -2.31. The standard InChI is InChI=1S/C28H29BClN5O2S/c29-23-18-32-35-27(16-25(33-28(23)35)22-9-3-4-10-24(22)30)31-17-19-12-14-34(15-13-19)38(36,37)26-11-5-7-20-6-1-2-8-21(20)26/h1-3,5-9,11,16,18-19,31H,4,10,12-15,17,29H2. The number of allylic oxidation sites excluding steroid dienone is 4. The largest absolute Gasteiger partial charge is 0.370 e. The van der Waals surface area contributed by atoms with E-state index >= 15 is 0 Å². The average Bonchev–Trinajstić information content (AvgIpc) is 3.32. The van der Waals surface area contributed by atoms with E-state index in [4.69, 9.17) is 16.6 Å². The van der Waals surface area contributed by atoms with E-state index < -0.39 is 10.0 Å². The molecule has 0 unspecified atom stereocenters. The van der Waals surface area contributed by atoms with E-state index in [-0.39, 0.29) is 0 Å². The zero-order valence-electron chi connectivity index (χ0n) is 21.3. The smallest absolute Gasteiger partial charge is 0.243 e. The molecule has 4 aromatic rings. The summed E-state index contributed by atoms with van der Waals surface area (Å²) in [6, 6.07) is 15.1. The van der Waals surface area contributed by atoms with Crippen molar-refractivity contribution in [3.63, 3.8) is 0 Å². The van der Waals surface area contributed by atoms with E-state index in [9.17, 15) is 8.42 Å². The van der Waals surface area contributed by atoms with E-state index in [0.717, 1.165) is 76.2 Å². The van der Waals surface area contributed by atoms with Gasteiger partial charge in [0.25, 0.3) is 0 Å². The van der Waals surface area contributed by atoms with Gasteiger partial charge in [0, 0.05) is 47.9 Å². The first-order chi connectivity index (χ1) is 18.4. The molecule has 2 aliphatic rings. The van der Waals surface area contributed by atoms with Gasteiger partial charge in [-0.2, -0.15) is 13.9 Å². The minimum Gasteiger partial charge on any atom is -0.370 e. The molecular formula is C28H29BClN5O2S. The van der Waals surface area contributed by atoms with Crippen LogP contribution in [0.15, 0.2) is 76.8 Å². The third-order valence-electron chi connectivity index (χ3n) is 7.54. The third kappa shape index (κ3) is 4.63. The molecule has 0 spiro atoms. The summed E-state index contributed by atoms with van der Waals surface area (Å²) in [6.45, 7) is 1.73. The molecule has 7 nitrogen and oxygen atoms in total. The molecule has 0 atom stereocenters. The zero-order chi connectivity index (χ0) is 26.3. The third-order valence-corrected chi connectivity index (χ3v) is 9.89. The van der Waals surface area contributed by atoms with Crippen LogP contribution < -0.4 is 10.8 Å². The van der Waals surface area contributed by atoms with E-state index in [1.54, 1.807) is 10.4 Å². The number of anilines is 1. The van der Waals surface area contributed by atoms with Crippen molar-refractivity contribution >= 4 is 62.7 Å². The lowest BCUT2D eigenvalue weighted by molar-refractivity contribution is 0.282. The molecule has 0 amide bonds. The first kappa shape index (κ1) is 25.2. The van der Waals surface area contributed by atoms with Crippen molar-refractivity contribution in [2.45, 2.75) is 30.6 Å². The number of rotatable bonds is 6. The summed E-state index contributed by atoms with van der Waals surface area (Å²) in [4.78, 5) is 5.23. The van der Waals surface area contributed by atoms with Crippen LogP contribution >= 0.6 is 11.6 Å². The van der Waals surface area contributed by atoms with Gasteiger partial charge in [0.1, 0.15) is 13.7 Å². The topological polar surface area (TPSA) is 79.6 Å². The minimum atomic E-state index is -3.56. The Morgan fingerprint density at radius 2 is 1.89 bits per heavy atom. The lowest BCUT2D eigenvalue weighted by Crippen LogP contribution is -2.40. The predicted molar refractivity (Wildman–Crippen MR) is 156 cm³/mol. The highest BCUT2D eigenvalue weighted by Gasteiger charge is 2.30. The van der Waals surface area contributed by atoms with Gasteiger partial charge in [-0.05, 0) is 48.5 Å². The highest BCUT2D eigenvalue weighted by molar-refractivity contribution is 7.89. The van der Waals surface area contributed by atoms with Crippen LogP contribution in [0.2, 0.25) is 0 Å². The maximum Gasteiger partial charge on any atom is 0.243 e. The number of nitrogens with zero attached hydrogens (tertiary/aromatic N) is 4. The molecule has 2 aromatic carbocycles. The van der Waals surface area contributed by atoms with Crippen LogP contribution in [0.25, 0.3) is 22.0 Å². The molecule has 1 aliphatic heterocycles. The quantitative estimate of drug-likeness (QED) is 0.371. The zero-order valence-corrected chi connectivity index (χ0v) is 22.8. The first-order valence-corrected chi connectivity index (χ1v) is 14.9. The molecular weight excluding hydrogens is 517 g/mol. The molecule has 3 heterocycles. The van der Waals surface area contributed by atoms with Crippen LogP contribution in [0.5, 0.6) is 0 Å². The Labute approximate surface area is 228 Å². The van der Waals surface area contributed by atoms with Crippen molar-refractivity contribution < 1.29 is 8.42 Å². The van der Waals surface area contributed by atoms with Crippen LogP contribution in [0.1, 0.15) is 31.4 Å². The van der Waals surface area contributed by atoms with E-state index in [0.29, 0.717) is 23.9 Å². The fraction of sp³-hybridized carbons (Fsp3) is 0.286. The number of sulfonamides is 1. The van der Waals surface area contributed by atoms with Gasteiger partial charge in [-0.25, -0.2) is 13.4 Å². The molecule has 1 saturated heterocycles. The van der Waals surface area contributed by atoms with Crippen molar-refractivity contribution in [3.8, 4) is 0 Å². The summed E-state index contributed by atoms with van der Waals surface area (Å²) >= 11 is 6.55. The second-order valence-corrected chi connectivity index (χ2v) is 12.4. The van der Waals surface area contributed by atoms with Crippen molar-refractivity contribution in [3.05, 3.63) is 77.6 Å². The molecule has 6 rings (SSSR count). The van der Waals surface area contributed by atoms with Gasteiger partial charge in [-0.3, -0.25) is 0 Å². The number of hydrogen-bond donors (Lipinski definition) is 1. The molecule has 0 bridgehead atoms. The Morgan fingerprint density at radius 1 is 1.11 bits per heavy atom. The Morgan fingerprint density at radius 3 is 2.71 bits per heavy atom. The molecule has 10 heteroatoms. The van der Waals surface area contributed by atoms with Gasteiger partial charge in [0.2, 0.25) is 10.0 Å². The average molecular weight is 546 g/mol. The highest BCUT2D eigenvalue weighted by Crippen LogP contribution is 2.31. The van der Waals surface area contributed by atoms with E-state index in [2.05, 4.69) is 16.5 Å². The summed E-state index contributed by atoms with van der Waals surface area (Å²) in [5.41, 5.74) is 3.59. The van der Waals surface area contributed by atoms with Crippen LogP contribution in [0.4, 0.5) is 5.82 Å². The lowest BCUT2D eigenvalue weighted by atomic mass is 9.98. The Kier molecular flexibility index (Phi) is 6.76. The second-order valence-electron chi connectivity index (χ2n) is 10.1. The monoisotopic (exact) mass is 545 g/mol. The van der Waals surface area contributed by atoms with Gasteiger partial charge in [-0.15, -0.1) is 0 Å². The minimum absolute atomic E-state index is 0.342.